The normalized spacial score (nSPS) is 9.50. The number of nitrogens with one attached hydrogen (secondary N) is 2. The molecular weight excluding hydrogens is 192 g/mol. The van der Waals surface area contributed by atoms with Crippen LogP contribution in [0.1, 0.15) is 5.82 Å². The van der Waals surface area contributed by atoms with Gasteiger partial charge in [0.25, 0.3) is 0 Å². The lowest BCUT2D eigenvalue weighted by Crippen LogP contribution is -2.22. The summed E-state index contributed by atoms with van der Waals surface area (Å²) in [4.78, 5) is 26.3. The summed E-state index contributed by atoms with van der Waals surface area (Å²) < 4.78 is 4.30. The van der Waals surface area contributed by atoms with Crippen LogP contribution in [0.2, 0.25) is 0 Å². The van der Waals surface area contributed by atoms with Gasteiger partial charge in [-0.1, -0.05) is 0 Å². The summed E-state index contributed by atoms with van der Waals surface area (Å²) in [7, 11) is 1.22. The van der Waals surface area contributed by atoms with Crippen LogP contribution in [-0.2, 0) is 11.3 Å². The summed E-state index contributed by atoms with van der Waals surface area (Å²) in [6, 6.07) is 0. The minimum atomic E-state index is -0.621. The third kappa shape index (κ3) is 2.44. The largest absolute Gasteiger partial charge is 0.453 e. The topological polar surface area (TPSA) is 110 Å². The third-order valence-corrected chi connectivity index (χ3v) is 1.40. The molecule has 0 radical (unpaired) electrons. The summed E-state index contributed by atoms with van der Waals surface area (Å²) in [5, 5.41) is 12.6. The quantitative estimate of drug-likeness (QED) is 0.533. The number of amides is 1. The zero-order valence-corrected chi connectivity index (χ0v) is 7.31. The molecule has 1 heterocycles. The van der Waals surface area contributed by atoms with Crippen molar-refractivity contribution >= 4 is 11.9 Å². The Hall–Kier alpha value is -2.12. The smallest absolute Gasteiger partial charge is 0.407 e. The van der Waals surface area contributed by atoms with Crippen molar-refractivity contribution in [2.24, 2.45) is 0 Å². The fourth-order valence-corrected chi connectivity index (χ4v) is 0.762. The van der Waals surface area contributed by atoms with E-state index in [4.69, 9.17) is 0 Å². The van der Waals surface area contributed by atoms with Crippen molar-refractivity contribution in [1.82, 2.24) is 15.3 Å². The number of ether oxygens (including phenoxy) is 1. The Kier molecular flexibility index (Phi) is 3.00. The summed E-state index contributed by atoms with van der Waals surface area (Å²) >= 11 is 0. The molecule has 0 fully saturated rings. The van der Waals surface area contributed by atoms with Gasteiger partial charge in [-0.2, -0.15) is 0 Å². The minimum absolute atomic E-state index is 0.0561. The monoisotopic (exact) mass is 200 g/mol. The van der Waals surface area contributed by atoms with Gasteiger partial charge in [-0.05, 0) is 4.92 Å². The van der Waals surface area contributed by atoms with Gasteiger partial charge in [0.15, 0.2) is 0 Å². The maximum absolute atomic E-state index is 10.6. The zero-order valence-electron chi connectivity index (χ0n) is 7.31. The molecule has 0 aliphatic carbocycles. The lowest BCUT2D eigenvalue weighted by Gasteiger charge is -1.97. The van der Waals surface area contributed by atoms with Crippen molar-refractivity contribution in [1.29, 1.82) is 0 Å². The molecule has 2 N–H and O–H groups in total. The summed E-state index contributed by atoms with van der Waals surface area (Å²) in [6.07, 6.45) is 0.456. The van der Waals surface area contributed by atoms with Gasteiger partial charge in [-0.3, -0.25) is 0 Å². The standard InChI is InChI=1S/C6H8N4O4/c1-14-6(11)8-2-4-7-3-5(9-4)10(12)13/h3H,2H2,1H3,(H,7,9)(H,8,11). The molecule has 1 aromatic heterocycles. The first-order chi connectivity index (χ1) is 6.63. The maximum atomic E-state index is 10.6. The van der Waals surface area contributed by atoms with Gasteiger partial charge in [0, 0.05) is 0 Å². The van der Waals surface area contributed by atoms with Crippen LogP contribution in [0.25, 0.3) is 0 Å². The van der Waals surface area contributed by atoms with Crippen molar-refractivity contribution < 1.29 is 14.5 Å². The molecule has 1 aromatic rings. The molecule has 0 aliphatic heterocycles. The van der Waals surface area contributed by atoms with E-state index in [1.165, 1.54) is 7.11 Å². The van der Waals surface area contributed by atoms with Crippen LogP contribution in [0.15, 0.2) is 6.20 Å². The SMILES string of the molecule is COC(=O)NCc1ncc([N+](=O)[O-])[nH]1. The van der Waals surface area contributed by atoms with Crippen molar-refractivity contribution in [3.8, 4) is 0 Å². The van der Waals surface area contributed by atoms with E-state index < -0.39 is 11.0 Å². The Bertz CT molecular complexity index is 347. The Labute approximate surface area is 78.4 Å². The second-order valence-corrected chi connectivity index (χ2v) is 2.32. The molecule has 1 amide bonds. The van der Waals surface area contributed by atoms with Crippen molar-refractivity contribution in [3.05, 3.63) is 22.1 Å². The second kappa shape index (κ2) is 4.21. The second-order valence-electron chi connectivity index (χ2n) is 2.32. The number of aromatic nitrogens is 2. The first kappa shape index (κ1) is 9.96. The minimum Gasteiger partial charge on any atom is -0.453 e. The average molecular weight is 200 g/mol. The van der Waals surface area contributed by atoms with E-state index in [2.05, 4.69) is 20.0 Å². The Morgan fingerprint density at radius 3 is 3.07 bits per heavy atom. The van der Waals surface area contributed by atoms with Crippen LogP contribution in [-0.4, -0.2) is 28.1 Å². The van der Waals surface area contributed by atoms with Crippen LogP contribution in [0, 0.1) is 10.1 Å². The highest BCUT2D eigenvalue weighted by atomic mass is 16.6. The zero-order chi connectivity index (χ0) is 10.6. The van der Waals surface area contributed by atoms with E-state index >= 15 is 0 Å². The molecule has 0 bridgehead atoms. The Morgan fingerprint density at radius 2 is 2.57 bits per heavy atom. The summed E-state index contributed by atoms with van der Waals surface area (Å²) in [6.45, 7) is 0.0561. The molecule has 0 spiro atoms. The average Bonchev–Trinajstić information content (AvgIpc) is 2.62. The maximum Gasteiger partial charge on any atom is 0.407 e. The van der Waals surface area contributed by atoms with E-state index in [9.17, 15) is 14.9 Å². The van der Waals surface area contributed by atoms with Crippen LogP contribution >= 0.6 is 0 Å². The van der Waals surface area contributed by atoms with E-state index in [0.29, 0.717) is 5.82 Å². The van der Waals surface area contributed by atoms with Crippen LogP contribution in [0.3, 0.4) is 0 Å². The number of carbonyl (C=O) groups is 1. The third-order valence-electron chi connectivity index (χ3n) is 1.40. The molecular formula is C6H8N4O4. The Morgan fingerprint density at radius 1 is 1.86 bits per heavy atom. The molecule has 8 nitrogen and oxygen atoms in total. The fourth-order valence-electron chi connectivity index (χ4n) is 0.762. The lowest BCUT2D eigenvalue weighted by molar-refractivity contribution is -0.389. The molecule has 14 heavy (non-hydrogen) atoms. The summed E-state index contributed by atoms with van der Waals surface area (Å²) in [5.74, 6) is 0.0776. The number of hydrogen-bond donors (Lipinski definition) is 2. The highest BCUT2D eigenvalue weighted by molar-refractivity contribution is 5.66. The highest BCUT2D eigenvalue weighted by Crippen LogP contribution is 2.05. The summed E-state index contributed by atoms with van der Waals surface area (Å²) in [5.41, 5.74) is 0. The van der Waals surface area contributed by atoms with Crippen LogP contribution < -0.4 is 5.32 Å². The number of nitrogens with zero attached hydrogens (tertiary/aromatic N) is 2. The number of hydrogen-bond acceptors (Lipinski definition) is 5. The predicted molar refractivity (Wildman–Crippen MR) is 44.5 cm³/mol. The van der Waals surface area contributed by atoms with Gasteiger partial charge in [0.1, 0.15) is 12.7 Å². The molecule has 0 aliphatic rings. The molecule has 0 atom stereocenters. The first-order valence-electron chi connectivity index (χ1n) is 3.63. The van der Waals surface area contributed by atoms with E-state index in [0.717, 1.165) is 6.20 Å². The number of rotatable bonds is 3. The predicted octanol–water partition coefficient (Wildman–Crippen LogP) is 0.174. The van der Waals surface area contributed by atoms with E-state index in [1.807, 2.05) is 0 Å². The first-order valence-corrected chi connectivity index (χ1v) is 3.63. The fraction of sp³-hybridized carbons (Fsp3) is 0.333. The molecule has 0 unspecified atom stereocenters. The molecule has 76 valence electrons. The highest BCUT2D eigenvalue weighted by Gasteiger charge is 2.10. The van der Waals surface area contributed by atoms with Crippen molar-refractivity contribution in [2.75, 3.05) is 7.11 Å². The van der Waals surface area contributed by atoms with Crippen molar-refractivity contribution in [2.45, 2.75) is 6.54 Å². The molecule has 0 saturated heterocycles. The van der Waals surface area contributed by atoms with Gasteiger partial charge >= 0.3 is 11.9 Å². The van der Waals surface area contributed by atoms with Gasteiger partial charge in [-0.25, -0.2) is 14.8 Å². The molecule has 0 aromatic carbocycles. The van der Waals surface area contributed by atoms with E-state index in [-0.39, 0.29) is 12.4 Å². The van der Waals surface area contributed by atoms with Gasteiger partial charge in [-0.15, -0.1) is 0 Å². The number of H-pyrrole nitrogens is 1. The molecule has 8 heteroatoms. The van der Waals surface area contributed by atoms with Crippen LogP contribution in [0.4, 0.5) is 10.6 Å². The molecule has 1 rings (SSSR count). The number of aromatic amines is 1. The van der Waals surface area contributed by atoms with Gasteiger partial charge in [0.2, 0.25) is 5.82 Å². The van der Waals surface area contributed by atoms with Gasteiger partial charge < -0.3 is 20.2 Å². The number of alkyl carbamates (subject to hydrolysis) is 1. The van der Waals surface area contributed by atoms with Crippen molar-refractivity contribution in [3.63, 3.8) is 0 Å². The lowest BCUT2D eigenvalue weighted by atomic mass is 10.6. The number of methoxy groups -OCH3 is 1. The van der Waals surface area contributed by atoms with Gasteiger partial charge in [0.05, 0.1) is 7.11 Å². The Balaban J connectivity index is 2.52. The van der Waals surface area contributed by atoms with Crippen LogP contribution in [0.5, 0.6) is 0 Å². The number of nitro groups is 1. The number of carbonyl (C=O) groups excluding carboxylic acids is 1. The number of imidazole rings is 1. The molecule has 0 saturated carbocycles. The van der Waals surface area contributed by atoms with E-state index in [1.54, 1.807) is 0 Å².